The van der Waals surface area contributed by atoms with Crippen molar-refractivity contribution >= 4 is 17.6 Å². The molecule has 0 atom stereocenters. The van der Waals surface area contributed by atoms with Gasteiger partial charge in [-0.1, -0.05) is 5.02 Å². The number of halogens is 1. The van der Waals surface area contributed by atoms with Crippen LogP contribution in [0.2, 0.25) is 5.02 Å². The number of hydrogen-bond acceptors (Lipinski definition) is 2. The molecule has 0 fully saturated rings. The fourth-order valence-electron chi connectivity index (χ4n) is 0.775. The SMILES string of the molecule is CCOC(=O)c1c[c-]cc(Cl)c1.[CH3-].[W+2]. The zero-order valence-corrected chi connectivity index (χ0v) is 11.7. The summed E-state index contributed by atoms with van der Waals surface area (Å²) in [5.41, 5.74) is 0.435. The minimum absolute atomic E-state index is 0. The number of hydrogen-bond donors (Lipinski definition) is 0. The van der Waals surface area contributed by atoms with Gasteiger partial charge in [0.1, 0.15) is 0 Å². The first-order chi connectivity index (χ1) is 5.74. The smallest absolute Gasteiger partial charge is 0.472 e. The van der Waals surface area contributed by atoms with Gasteiger partial charge in [0.2, 0.25) is 0 Å². The van der Waals surface area contributed by atoms with Gasteiger partial charge < -0.3 is 12.2 Å². The monoisotopic (exact) mass is 382 g/mol. The molecule has 0 unspecified atom stereocenters. The van der Waals surface area contributed by atoms with E-state index in [0.29, 0.717) is 17.2 Å². The van der Waals surface area contributed by atoms with Gasteiger partial charge in [-0.2, -0.15) is 29.8 Å². The average molecular weight is 382 g/mol. The molecule has 0 N–H and O–H groups in total. The maximum absolute atomic E-state index is 11.1. The topological polar surface area (TPSA) is 26.3 Å². The minimum atomic E-state index is -0.365. The molecule has 0 amide bonds. The predicted octanol–water partition coefficient (Wildman–Crippen LogP) is 2.76. The molecule has 0 aliphatic carbocycles. The van der Waals surface area contributed by atoms with Crippen LogP contribution in [-0.2, 0) is 25.8 Å². The second kappa shape index (κ2) is 8.02. The summed E-state index contributed by atoms with van der Waals surface area (Å²) < 4.78 is 4.77. The molecule has 0 aliphatic rings. The molecule has 0 aliphatic heterocycles. The van der Waals surface area contributed by atoms with Crippen molar-refractivity contribution in [1.29, 1.82) is 0 Å². The summed E-state index contributed by atoms with van der Waals surface area (Å²) >= 11 is 5.65. The van der Waals surface area contributed by atoms with Gasteiger partial charge in [-0.05, 0) is 12.5 Å². The Hall–Kier alpha value is -0.332. The molecule has 1 aromatic carbocycles. The van der Waals surface area contributed by atoms with E-state index in [1.165, 1.54) is 0 Å². The number of rotatable bonds is 2. The number of ether oxygens (including phenoxy) is 1. The molecule has 1 aromatic rings. The molecule has 1 rings (SSSR count). The largest absolute Gasteiger partial charge is 2.00 e. The second-order valence-electron chi connectivity index (χ2n) is 2.16. The van der Waals surface area contributed by atoms with Crippen LogP contribution in [0.3, 0.4) is 0 Å². The fourth-order valence-corrected chi connectivity index (χ4v) is 0.956. The summed E-state index contributed by atoms with van der Waals surface area (Å²) in [6, 6.07) is 7.42. The quantitative estimate of drug-likeness (QED) is 0.581. The first kappa shape index (κ1) is 16.1. The third-order valence-electron chi connectivity index (χ3n) is 1.26. The maximum Gasteiger partial charge on any atom is 2.00 e. The third-order valence-corrected chi connectivity index (χ3v) is 1.48. The van der Waals surface area contributed by atoms with Crippen molar-refractivity contribution in [3.63, 3.8) is 0 Å². The van der Waals surface area contributed by atoms with Crippen LogP contribution >= 0.6 is 11.6 Å². The summed E-state index contributed by atoms with van der Waals surface area (Å²) in [4.78, 5) is 11.1. The van der Waals surface area contributed by atoms with Gasteiger partial charge in [0.15, 0.2) is 0 Å². The van der Waals surface area contributed by atoms with Crippen LogP contribution in [0.1, 0.15) is 17.3 Å². The molecule has 0 radical (unpaired) electrons. The van der Waals surface area contributed by atoms with Crippen molar-refractivity contribution in [1.82, 2.24) is 0 Å². The molecule has 0 aromatic heterocycles. The number of carbonyl (C=O) groups excluding carboxylic acids is 1. The van der Waals surface area contributed by atoms with Crippen molar-refractivity contribution in [2.75, 3.05) is 6.61 Å². The van der Waals surface area contributed by atoms with Crippen LogP contribution in [-0.4, -0.2) is 12.6 Å². The Labute approximate surface area is 104 Å². The Morgan fingerprint density at radius 2 is 2.21 bits per heavy atom. The van der Waals surface area contributed by atoms with Gasteiger partial charge in [-0.3, -0.25) is 4.79 Å². The average Bonchev–Trinajstić information content (AvgIpc) is 2.05. The normalized spacial score (nSPS) is 8.14. The van der Waals surface area contributed by atoms with Crippen LogP contribution in [0.4, 0.5) is 0 Å². The van der Waals surface area contributed by atoms with Gasteiger partial charge in [0.05, 0.1) is 6.61 Å². The van der Waals surface area contributed by atoms with E-state index in [1.807, 2.05) is 0 Å². The minimum Gasteiger partial charge on any atom is -0.472 e. The van der Waals surface area contributed by atoms with Crippen molar-refractivity contribution in [3.8, 4) is 0 Å². The van der Waals surface area contributed by atoms with Crippen LogP contribution in [0.5, 0.6) is 0 Å². The van der Waals surface area contributed by atoms with Gasteiger partial charge in [0, 0.05) is 0 Å². The van der Waals surface area contributed by atoms with Crippen LogP contribution in [0.25, 0.3) is 0 Å². The first-order valence-electron chi connectivity index (χ1n) is 3.58. The van der Waals surface area contributed by atoms with Crippen molar-refractivity contribution in [3.05, 3.63) is 42.3 Å². The Bertz CT molecular complexity index is 289. The van der Waals surface area contributed by atoms with Crippen molar-refractivity contribution in [2.24, 2.45) is 0 Å². The fraction of sp³-hybridized carbons (Fsp3) is 0.200. The molecule has 2 nitrogen and oxygen atoms in total. The summed E-state index contributed by atoms with van der Waals surface area (Å²) in [5, 5.41) is 0.487. The summed E-state index contributed by atoms with van der Waals surface area (Å²) in [6.45, 7) is 2.12. The maximum atomic E-state index is 11.1. The molecule has 76 valence electrons. The molecule has 14 heavy (non-hydrogen) atoms. The van der Waals surface area contributed by atoms with E-state index in [-0.39, 0.29) is 34.5 Å². The van der Waals surface area contributed by atoms with Crippen molar-refractivity contribution < 1.29 is 30.6 Å². The Kier molecular flexibility index (Phi) is 9.23. The van der Waals surface area contributed by atoms with Crippen molar-refractivity contribution in [2.45, 2.75) is 6.92 Å². The van der Waals surface area contributed by atoms with Gasteiger partial charge in [0.25, 0.3) is 5.97 Å². The van der Waals surface area contributed by atoms with Gasteiger partial charge >= 0.3 is 21.1 Å². The van der Waals surface area contributed by atoms with Crippen LogP contribution in [0, 0.1) is 13.5 Å². The third kappa shape index (κ3) is 4.78. The Balaban J connectivity index is 0. The summed E-state index contributed by atoms with van der Waals surface area (Å²) in [5.74, 6) is -0.365. The molecular weight excluding hydrogens is 371 g/mol. The summed E-state index contributed by atoms with van der Waals surface area (Å²) in [7, 11) is 0. The second-order valence-corrected chi connectivity index (χ2v) is 2.60. The molecule has 0 saturated heterocycles. The van der Waals surface area contributed by atoms with Gasteiger partial charge in [-0.25, -0.2) is 0 Å². The standard InChI is InChI=1S/C9H8ClO2.CH3.W/c1-2-12-9(11)7-4-3-5-8(10)6-7;;/h4-6H,2H2,1H3;1H3;/q2*-1;+2. The molecule has 4 heteroatoms. The van der Waals surface area contributed by atoms with E-state index < -0.39 is 0 Å². The Morgan fingerprint density at radius 3 is 2.71 bits per heavy atom. The number of esters is 1. The molecular formula is C10H11ClO2W. The van der Waals surface area contributed by atoms with E-state index in [2.05, 4.69) is 6.07 Å². The van der Waals surface area contributed by atoms with E-state index in [0.717, 1.165) is 0 Å². The zero-order chi connectivity index (χ0) is 8.97. The number of benzene rings is 1. The van der Waals surface area contributed by atoms with Gasteiger partial charge in [-0.15, -0.1) is 6.07 Å². The molecule has 0 heterocycles. The van der Waals surface area contributed by atoms with E-state index in [9.17, 15) is 4.79 Å². The predicted molar refractivity (Wildman–Crippen MR) is 52.7 cm³/mol. The number of carbonyl (C=O) groups is 1. The Morgan fingerprint density at radius 1 is 1.57 bits per heavy atom. The zero-order valence-electron chi connectivity index (χ0n) is 8.04. The van der Waals surface area contributed by atoms with E-state index in [1.54, 1.807) is 25.1 Å². The van der Waals surface area contributed by atoms with Crippen LogP contribution < -0.4 is 0 Å². The molecule has 0 bridgehead atoms. The van der Waals surface area contributed by atoms with E-state index >= 15 is 0 Å². The molecule has 0 saturated carbocycles. The first-order valence-corrected chi connectivity index (χ1v) is 3.95. The van der Waals surface area contributed by atoms with E-state index in [4.69, 9.17) is 16.3 Å². The van der Waals surface area contributed by atoms with Crippen LogP contribution in [0.15, 0.2) is 18.2 Å². The molecule has 0 spiro atoms. The summed E-state index contributed by atoms with van der Waals surface area (Å²) in [6.07, 6.45) is 0.